The van der Waals surface area contributed by atoms with Crippen LogP contribution in [0.2, 0.25) is 0 Å². The van der Waals surface area contributed by atoms with Crippen molar-refractivity contribution in [2.45, 2.75) is 45.6 Å². The molecule has 1 fully saturated rings. The second-order valence-corrected chi connectivity index (χ2v) is 4.93. The lowest BCUT2D eigenvalue weighted by Crippen LogP contribution is -2.21. The summed E-state index contributed by atoms with van der Waals surface area (Å²) < 4.78 is 0. The van der Waals surface area contributed by atoms with Crippen molar-refractivity contribution in [3.8, 4) is 0 Å². The van der Waals surface area contributed by atoms with Crippen LogP contribution in [0, 0.1) is 12.8 Å². The van der Waals surface area contributed by atoms with E-state index < -0.39 is 5.97 Å². The van der Waals surface area contributed by atoms with E-state index in [4.69, 9.17) is 5.11 Å². The summed E-state index contributed by atoms with van der Waals surface area (Å²) in [5, 5.41) is 12.2. The first kappa shape index (κ1) is 12.8. The molecule has 2 N–H and O–H groups in total. The fourth-order valence-electron chi connectivity index (χ4n) is 2.01. The minimum Gasteiger partial charge on any atom is -0.478 e. The van der Waals surface area contributed by atoms with E-state index in [0.29, 0.717) is 17.7 Å². The highest BCUT2D eigenvalue weighted by molar-refractivity contribution is 5.88. The fraction of sp³-hybridized carbons (Fsp3) is 0.615. The molecule has 5 heteroatoms. The number of carboxylic acids is 1. The Balaban J connectivity index is 2.03. The van der Waals surface area contributed by atoms with Crippen LogP contribution in [-0.4, -0.2) is 27.1 Å². The number of carbonyl (C=O) groups is 1. The summed E-state index contributed by atoms with van der Waals surface area (Å²) in [5.41, 5.74) is 0.664. The van der Waals surface area contributed by atoms with Gasteiger partial charge in [0.25, 0.3) is 0 Å². The summed E-state index contributed by atoms with van der Waals surface area (Å²) in [6, 6.07) is 0.382. The van der Waals surface area contributed by atoms with Crippen LogP contribution in [0.15, 0.2) is 6.20 Å². The van der Waals surface area contributed by atoms with E-state index in [-0.39, 0.29) is 5.56 Å². The summed E-state index contributed by atoms with van der Waals surface area (Å²) in [5.74, 6) is 0.399. The topological polar surface area (TPSA) is 75.1 Å². The van der Waals surface area contributed by atoms with Crippen LogP contribution in [0.4, 0.5) is 5.95 Å². The number of anilines is 1. The van der Waals surface area contributed by atoms with Gasteiger partial charge in [-0.1, -0.05) is 19.8 Å². The van der Waals surface area contributed by atoms with Gasteiger partial charge in [0.2, 0.25) is 5.95 Å². The minimum absolute atomic E-state index is 0.163. The van der Waals surface area contributed by atoms with E-state index in [1.165, 1.54) is 19.0 Å². The third-order valence-electron chi connectivity index (χ3n) is 3.35. The van der Waals surface area contributed by atoms with Gasteiger partial charge < -0.3 is 10.4 Å². The average Bonchev–Trinajstić information content (AvgIpc) is 3.11. The molecule has 1 unspecified atom stereocenters. The van der Waals surface area contributed by atoms with Crippen LogP contribution in [0.1, 0.15) is 48.7 Å². The van der Waals surface area contributed by atoms with Gasteiger partial charge >= 0.3 is 5.97 Å². The number of nitrogens with one attached hydrogen (secondary N) is 1. The van der Waals surface area contributed by atoms with Gasteiger partial charge in [0.1, 0.15) is 0 Å². The molecule has 0 aromatic carbocycles. The van der Waals surface area contributed by atoms with Gasteiger partial charge in [-0.3, -0.25) is 0 Å². The maximum Gasteiger partial charge on any atom is 0.339 e. The van der Waals surface area contributed by atoms with Gasteiger partial charge in [-0.05, 0) is 25.7 Å². The number of nitrogens with zero attached hydrogens (tertiary/aromatic N) is 2. The molecule has 0 radical (unpaired) electrons. The molecular weight excluding hydrogens is 230 g/mol. The normalized spacial score (nSPS) is 16.3. The number of aryl methyl sites for hydroxylation is 1. The Labute approximate surface area is 107 Å². The Morgan fingerprint density at radius 1 is 1.61 bits per heavy atom. The van der Waals surface area contributed by atoms with Gasteiger partial charge in [-0.15, -0.1) is 0 Å². The van der Waals surface area contributed by atoms with Crippen molar-refractivity contribution in [1.82, 2.24) is 9.97 Å². The molecule has 98 valence electrons. The molecular formula is C13H19N3O2. The van der Waals surface area contributed by atoms with Crippen molar-refractivity contribution in [3.05, 3.63) is 17.5 Å². The monoisotopic (exact) mass is 249 g/mol. The van der Waals surface area contributed by atoms with Crippen LogP contribution in [0.25, 0.3) is 0 Å². The molecule has 0 bridgehead atoms. The smallest absolute Gasteiger partial charge is 0.339 e. The summed E-state index contributed by atoms with van der Waals surface area (Å²) in [6.07, 6.45) is 6.21. The standard InChI is InChI=1S/C13H19N3O2/c1-3-10(6-9-4-5-9)16-13-14-7-11(12(17)18)8(2)15-13/h7,9-10H,3-6H2,1-2H3,(H,17,18)(H,14,15,16). The molecule has 1 aromatic heterocycles. The zero-order valence-electron chi connectivity index (χ0n) is 10.8. The quantitative estimate of drug-likeness (QED) is 0.810. The van der Waals surface area contributed by atoms with Gasteiger partial charge in [-0.25, -0.2) is 14.8 Å². The van der Waals surface area contributed by atoms with Crippen molar-refractivity contribution in [2.75, 3.05) is 5.32 Å². The molecule has 1 atom stereocenters. The van der Waals surface area contributed by atoms with Crippen molar-refractivity contribution < 1.29 is 9.90 Å². The molecule has 2 rings (SSSR count). The van der Waals surface area contributed by atoms with Crippen LogP contribution < -0.4 is 5.32 Å². The van der Waals surface area contributed by atoms with E-state index in [9.17, 15) is 4.79 Å². The lowest BCUT2D eigenvalue weighted by molar-refractivity contribution is 0.0695. The molecule has 1 heterocycles. The third-order valence-corrected chi connectivity index (χ3v) is 3.35. The number of hydrogen-bond donors (Lipinski definition) is 2. The highest BCUT2D eigenvalue weighted by Crippen LogP contribution is 2.34. The first-order valence-corrected chi connectivity index (χ1v) is 6.43. The van der Waals surface area contributed by atoms with Crippen LogP contribution >= 0.6 is 0 Å². The molecule has 0 saturated heterocycles. The number of aromatic nitrogens is 2. The van der Waals surface area contributed by atoms with E-state index in [1.807, 2.05) is 0 Å². The number of hydrogen-bond acceptors (Lipinski definition) is 4. The molecule has 1 saturated carbocycles. The Morgan fingerprint density at radius 2 is 2.33 bits per heavy atom. The van der Waals surface area contributed by atoms with Crippen LogP contribution in [0.3, 0.4) is 0 Å². The van der Waals surface area contributed by atoms with Crippen molar-refractivity contribution in [3.63, 3.8) is 0 Å². The van der Waals surface area contributed by atoms with Crippen molar-refractivity contribution >= 4 is 11.9 Å². The average molecular weight is 249 g/mol. The number of aromatic carboxylic acids is 1. The van der Waals surface area contributed by atoms with E-state index >= 15 is 0 Å². The molecule has 0 spiro atoms. The fourth-order valence-corrected chi connectivity index (χ4v) is 2.01. The Bertz CT molecular complexity index is 444. The maximum absolute atomic E-state index is 10.9. The zero-order valence-corrected chi connectivity index (χ0v) is 10.8. The van der Waals surface area contributed by atoms with Crippen molar-refractivity contribution in [1.29, 1.82) is 0 Å². The van der Waals surface area contributed by atoms with Gasteiger partial charge in [0, 0.05) is 12.2 Å². The van der Waals surface area contributed by atoms with E-state index in [2.05, 4.69) is 22.2 Å². The van der Waals surface area contributed by atoms with Gasteiger partial charge in [-0.2, -0.15) is 0 Å². The summed E-state index contributed by atoms with van der Waals surface area (Å²) in [4.78, 5) is 19.1. The molecule has 0 aliphatic heterocycles. The van der Waals surface area contributed by atoms with Crippen LogP contribution in [0.5, 0.6) is 0 Å². The first-order valence-electron chi connectivity index (χ1n) is 6.43. The third kappa shape index (κ3) is 3.18. The number of carboxylic acid groups (broad SMARTS) is 1. The second-order valence-electron chi connectivity index (χ2n) is 4.93. The summed E-state index contributed by atoms with van der Waals surface area (Å²) >= 11 is 0. The predicted octanol–water partition coefficient (Wildman–Crippen LogP) is 2.47. The molecule has 0 amide bonds. The first-order chi connectivity index (χ1) is 8.60. The predicted molar refractivity (Wildman–Crippen MR) is 68.8 cm³/mol. The Hall–Kier alpha value is -1.65. The van der Waals surface area contributed by atoms with Crippen molar-refractivity contribution in [2.24, 2.45) is 5.92 Å². The van der Waals surface area contributed by atoms with E-state index in [0.717, 1.165) is 18.8 Å². The Morgan fingerprint density at radius 3 is 2.83 bits per heavy atom. The lowest BCUT2D eigenvalue weighted by Gasteiger charge is -2.16. The minimum atomic E-state index is -0.982. The second kappa shape index (κ2) is 5.33. The molecule has 18 heavy (non-hydrogen) atoms. The SMILES string of the molecule is CCC(CC1CC1)Nc1ncc(C(=O)O)c(C)n1. The summed E-state index contributed by atoms with van der Waals surface area (Å²) in [6.45, 7) is 3.83. The molecule has 1 aromatic rings. The van der Waals surface area contributed by atoms with Gasteiger partial charge in [0.05, 0.1) is 11.3 Å². The highest BCUT2D eigenvalue weighted by Gasteiger charge is 2.25. The maximum atomic E-state index is 10.9. The summed E-state index contributed by atoms with van der Waals surface area (Å²) in [7, 11) is 0. The lowest BCUT2D eigenvalue weighted by atomic mass is 10.1. The molecule has 1 aliphatic carbocycles. The zero-order chi connectivity index (χ0) is 13.1. The van der Waals surface area contributed by atoms with Crippen LogP contribution in [-0.2, 0) is 0 Å². The molecule has 1 aliphatic rings. The highest BCUT2D eigenvalue weighted by atomic mass is 16.4. The number of rotatable bonds is 6. The largest absolute Gasteiger partial charge is 0.478 e. The van der Waals surface area contributed by atoms with Gasteiger partial charge in [0.15, 0.2) is 0 Å². The van der Waals surface area contributed by atoms with E-state index in [1.54, 1.807) is 6.92 Å². The Kier molecular flexibility index (Phi) is 3.79. The molecule has 5 nitrogen and oxygen atoms in total.